The van der Waals surface area contributed by atoms with Crippen LogP contribution in [0.25, 0.3) is 0 Å². The smallest absolute Gasteiger partial charge is 0.302 e. The number of hydrogen-bond donors (Lipinski definition) is 0. The number of Topliss-reactive ketones (excluding diaryl/α,β-unsaturated/α-hetero) is 1. The first-order chi connectivity index (χ1) is 11.2. The zero-order chi connectivity index (χ0) is 17.2. The van der Waals surface area contributed by atoms with Crippen LogP contribution in [0.4, 0.5) is 0 Å². The second kappa shape index (κ2) is 17.5. The maximum atomic E-state index is 11.5. The molecule has 0 saturated carbocycles. The molecule has 0 aliphatic carbocycles. The molecule has 0 fully saturated rings. The predicted molar refractivity (Wildman–Crippen MR) is 96.6 cm³/mol. The van der Waals surface area contributed by atoms with Crippen molar-refractivity contribution >= 4 is 11.8 Å². The molecule has 0 bridgehead atoms. The lowest BCUT2D eigenvalue weighted by atomic mass is 10.0. The molecular weight excluding hydrogens is 288 g/mol. The van der Waals surface area contributed by atoms with E-state index < -0.39 is 0 Å². The van der Waals surface area contributed by atoms with Crippen molar-refractivity contribution < 1.29 is 14.3 Å². The van der Waals surface area contributed by atoms with Crippen molar-refractivity contribution in [3.05, 3.63) is 0 Å². The summed E-state index contributed by atoms with van der Waals surface area (Å²) in [6.07, 6.45) is 18.2. The maximum absolute atomic E-state index is 11.5. The third kappa shape index (κ3) is 19.1. The van der Waals surface area contributed by atoms with Gasteiger partial charge in [-0.3, -0.25) is 9.59 Å². The Hall–Kier alpha value is -0.860. The molecule has 0 aromatic rings. The quantitative estimate of drug-likeness (QED) is 0.243. The van der Waals surface area contributed by atoms with E-state index >= 15 is 0 Å². The molecule has 0 rings (SSSR count). The van der Waals surface area contributed by atoms with Gasteiger partial charge >= 0.3 is 5.97 Å². The fourth-order valence-corrected chi connectivity index (χ4v) is 2.77. The van der Waals surface area contributed by atoms with Crippen molar-refractivity contribution in [1.82, 2.24) is 0 Å². The van der Waals surface area contributed by atoms with Crippen LogP contribution in [0.5, 0.6) is 0 Å². The lowest BCUT2D eigenvalue weighted by molar-refractivity contribution is -0.141. The second-order valence-electron chi connectivity index (χ2n) is 6.62. The van der Waals surface area contributed by atoms with Gasteiger partial charge in [0.1, 0.15) is 5.78 Å². The minimum absolute atomic E-state index is 0.217. The van der Waals surface area contributed by atoms with Gasteiger partial charge in [0.2, 0.25) is 0 Å². The first-order valence-electron chi connectivity index (χ1n) is 9.82. The first kappa shape index (κ1) is 22.1. The van der Waals surface area contributed by atoms with Crippen LogP contribution in [-0.4, -0.2) is 18.4 Å². The molecule has 0 amide bonds. The molecule has 136 valence electrons. The molecule has 3 heteroatoms. The lowest BCUT2D eigenvalue weighted by Gasteiger charge is -2.03. The van der Waals surface area contributed by atoms with Crippen LogP contribution in [0, 0.1) is 0 Å². The van der Waals surface area contributed by atoms with Crippen molar-refractivity contribution in [2.75, 3.05) is 6.61 Å². The minimum atomic E-state index is -0.307. The summed E-state index contributed by atoms with van der Waals surface area (Å²) in [5.74, 6) is -0.0897. The zero-order valence-corrected chi connectivity index (χ0v) is 15.5. The van der Waals surface area contributed by atoms with Gasteiger partial charge in [0.25, 0.3) is 0 Å². The van der Waals surface area contributed by atoms with E-state index in [4.69, 9.17) is 4.74 Å². The van der Waals surface area contributed by atoms with Crippen LogP contribution in [0.1, 0.15) is 110 Å². The molecule has 0 heterocycles. The Morgan fingerprint density at radius 1 is 0.652 bits per heavy atom. The van der Waals surface area contributed by atoms with Gasteiger partial charge in [-0.25, -0.2) is 0 Å². The van der Waals surface area contributed by atoms with Gasteiger partial charge in [-0.1, -0.05) is 84.0 Å². The number of esters is 1. The van der Waals surface area contributed by atoms with E-state index in [2.05, 4.69) is 6.92 Å². The zero-order valence-electron chi connectivity index (χ0n) is 15.5. The number of carbonyl (C=O) groups excluding carboxylic acids is 2. The lowest BCUT2D eigenvalue weighted by Crippen LogP contribution is -2.06. The third-order valence-corrected chi connectivity index (χ3v) is 4.25. The van der Waals surface area contributed by atoms with Gasteiger partial charge in [0.15, 0.2) is 0 Å². The Labute approximate surface area is 143 Å². The van der Waals surface area contributed by atoms with Crippen molar-refractivity contribution in [1.29, 1.82) is 0 Å². The van der Waals surface area contributed by atoms with E-state index in [0.29, 0.717) is 12.8 Å². The highest BCUT2D eigenvalue weighted by atomic mass is 16.5. The summed E-state index contributed by atoms with van der Waals surface area (Å²) in [6.45, 7) is 3.88. The fraction of sp³-hybridized carbons (Fsp3) is 0.900. The minimum Gasteiger partial charge on any atom is -0.465 e. The SMILES string of the molecule is CCCCCCCCCCCCCCCC(=O)CCOC(C)=O. The molecular formula is C20H38O3. The molecule has 23 heavy (non-hydrogen) atoms. The Balaban J connectivity index is 3.12. The topological polar surface area (TPSA) is 43.4 Å². The van der Waals surface area contributed by atoms with E-state index in [1.54, 1.807) is 0 Å². The van der Waals surface area contributed by atoms with Crippen LogP contribution in [0.15, 0.2) is 0 Å². The van der Waals surface area contributed by atoms with E-state index in [-0.39, 0.29) is 18.4 Å². The summed E-state index contributed by atoms with van der Waals surface area (Å²) in [5.41, 5.74) is 0. The largest absolute Gasteiger partial charge is 0.465 e. The number of carbonyl (C=O) groups is 2. The number of ketones is 1. The van der Waals surface area contributed by atoms with Crippen LogP contribution < -0.4 is 0 Å². The van der Waals surface area contributed by atoms with Gasteiger partial charge in [-0.05, 0) is 6.42 Å². The monoisotopic (exact) mass is 326 g/mol. The predicted octanol–water partition coefficient (Wildman–Crippen LogP) is 5.99. The number of rotatable bonds is 17. The molecule has 0 aliphatic heterocycles. The van der Waals surface area contributed by atoms with E-state index in [1.165, 1.54) is 77.6 Å². The Morgan fingerprint density at radius 2 is 1.09 bits per heavy atom. The fourth-order valence-electron chi connectivity index (χ4n) is 2.77. The standard InChI is InChI=1S/C20H38O3/c1-3-4-5-6-7-8-9-10-11-12-13-14-15-16-20(22)17-18-23-19(2)21/h3-18H2,1-2H3. The van der Waals surface area contributed by atoms with Crippen molar-refractivity contribution in [2.24, 2.45) is 0 Å². The highest BCUT2D eigenvalue weighted by Crippen LogP contribution is 2.13. The molecule has 0 radical (unpaired) electrons. The van der Waals surface area contributed by atoms with E-state index in [1.807, 2.05) is 0 Å². The van der Waals surface area contributed by atoms with Gasteiger partial charge in [-0.2, -0.15) is 0 Å². The molecule has 0 saturated heterocycles. The molecule has 0 N–H and O–H groups in total. The molecule has 0 aromatic heterocycles. The average molecular weight is 327 g/mol. The van der Waals surface area contributed by atoms with Crippen LogP contribution >= 0.6 is 0 Å². The average Bonchev–Trinajstić information content (AvgIpc) is 2.51. The number of unbranched alkanes of at least 4 members (excludes halogenated alkanes) is 12. The summed E-state index contributed by atoms with van der Waals surface area (Å²) < 4.78 is 4.77. The molecule has 0 spiro atoms. The molecule has 3 nitrogen and oxygen atoms in total. The van der Waals surface area contributed by atoms with Gasteiger partial charge in [0.05, 0.1) is 6.61 Å². The van der Waals surface area contributed by atoms with E-state index in [9.17, 15) is 9.59 Å². The molecule has 0 aromatic carbocycles. The Morgan fingerprint density at radius 3 is 1.52 bits per heavy atom. The summed E-state index contributed by atoms with van der Waals surface area (Å²) >= 11 is 0. The third-order valence-electron chi connectivity index (χ3n) is 4.25. The highest BCUT2D eigenvalue weighted by Gasteiger charge is 2.03. The number of hydrogen-bond acceptors (Lipinski definition) is 3. The summed E-state index contributed by atoms with van der Waals surface area (Å²) in [7, 11) is 0. The van der Waals surface area contributed by atoms with E-state index in [0.717, 1.165) is 12.8 Å². The summed E-state index contributed by atoms with van der Waals surface area (Å²) in [4.78, 5) is 22.1. The van der Waals surface area contributed by atoms with Crippen LogP contribution in [0.2, 0.25) is 0 Å². The molecule has 0 atom stereocenters. The molecule has 0 unspecified atom stereocenters. The van der Waals surface area contributed by atoms with Crippen molar-refractivity contribution in [3.63, 3.8) is 0 Å². The van der Waals surface area contributed by atoms with Crippen molar-refractivity contribution in [2.45, 2.75) is 110 Å². The van der Waals surface area contributed by atoms with Gasteiger partial charge in [-0.15, -0.1) is 0 Å². The maximum Gasteiger partial charge on any atom is 0.302 e. The second-order valence-corrected chi connectivity index (χ2v) is 6.62. The summed E-state index contributed by atoms with van der Waals surface area (Å²) in [6, 6.07) is 0. The normalized spacial score (nSPS) is 10.7. The van der Waals surface area contributed by atoms with Gasteiger partial charge in [0, 0.05) is 19.8 Å². The Kier molecular flexibility index (Phi) is 16.8. The Bertz CT molecular complexity index is 287. The number of ether oxygens (including phenoxy) is 1. The first-order valence-corrected chi connectivity index (χ1v) is 9.82. The van der Waals surface area contributed by atoms with Crippen molar-refractivity contribution in [3.8, 4) is 0 Å². The highest BCUT2D eigenvalue weighted by molar-refractivity contribution is 5.78. The van der Waals surface area contributed by atoms with Gasteiger partial charge < -0.3 is 4.74 Å². The molecule has 0 aliphatic rings. The summed E-state index contributed by atoms with van der Waals surface area (Å²) in [5, 5.41) is 0. The van der Waals surface area contributed by atoms with Crippen LogP contribution in [0.3, 0.4) is 0 Å². The van der Waals surface area contributed by atoms with Crippen LogP contribution in [-0.2, 0) is 14.3 Å².